The van der Waals surface area contributed by atoms with Crippen LogP contribution in [0.15, 0.2) is 65.5 Å². The summed E-state index contributed by atoms with van der Waals surface area (Å²) >= 11 is 0. The number of tetrazole rings is 1. The zero-order valence-corrected chi connectivity index (χ0v) is 16.7. The number of aromatic amines is 1. The van der Waals surface area contributed by atoms with Crippen molar-refractivity contribution >= 4 is 0 Å². The van der Waals surface area contributed by atoms with E-state index in [2.05, 4.69) is 27.5 Å². The lowest BCUT2D eigenvalue weighted by Crippen LogP contribution is -2.23. The fourth-order valence-electron chi connectivity index (χ4n) is 3.59. The minimum atomic E-state index is -0.212. The fraction of sp³-hybridized carbons (Fsp3) is 0.217. The summed E-state index contributed by atoms with van der Waals surface area (Å²) in [5, 5.41) is 24.2. The van der Waals surface area contributed by atoms with Gasteiger partial charge in [0.25, 0.3) is 5.56 Å². The number of hydrogen-bond acceptors (Lipinski definition) is 5. The highest BCUT2D eigenvalue weighted by molar-refractivity contribution is 5.80. The molecule has 2 aromatic heterocycles. The van der Waals surface area contributed by atoms with Crippen molar-refractivity contribution in [1.29, 1.82) is 0 Å². The Bertz CT molecular complexity index is 1180. The van der Waals surface area contributed by atoms with Gasteiger partial charge in [0.2, 0.25) is 0 Å². The quantitative estimate of drug-likeness (QED) is 0.491. The lowest BCUT2D eigenvalue weighted by molar-refractivity contribution is 0.468. The van der Waals surface area contributed by atoms with Gasteiger partial charge in [0.15, 0.2) is 5.82 Å². The third-order valence-corrected chi connectivity index (χ3v) is 5.09. The van der Waals surface area contributed by atoms with Crippen LogP contribution in [-0.2, 0) is 13.0 Å². The molecule has 0 atom stereocenters. The number of aryl methyl sites for hydroxylation is 1. The minimum Gasteiger partial charge on any atom is -0.508 e. The van der Waals surface area contributed by atoms with Crippen molar-refractivity contribution in [2.24, 2.45) is 0 Å². The molecule has 0 radical (unpaired) electrons. The van der Waals surface area contributed by atoms with Crippen LogP contribution in [-0.4, -0.2) is 30.3 Å². The van der Waals surface area contributed by atoms with Crippen LogP contribution < -0.4 is 5.56 Å². The molecule has 7 nitrogen and oxygen atoms in total. The molecule has 0 aliphatic rings. The Kier molecular flexibility index (Phi) is 5.70. The van der Waals surface area contributed by atoms with E-state index >= 15 is 0 Å². The minimum absolute atomic E-state index is 0.00945. The Balaban J connectivity index is 1.77. The van der Waals surface area contributed by atoms with Crippen LogP contribution in [0.2, 0.25) is 0 Å². The Morgan fingerprint density at radius 3 is 2.60 bits per heavy atom. The van der Waals surface area contributed by atoms with E-state index in [9.17, 15) is 9.90 Å². The standard InChI is InChI=1S/C23H23N5O2/c1-2-3-9-18-13-19(29)14-22(30)28(18)15-16-10-11-20(17-7-5-4-6-8-17)21(12-16)23-24-26-27-25-23/h4-8,10-14,29H,2-3,9,15H2,1H3,(H,24,25,26,27). The summed E-state index contributed by atoms with van der Waals surface area (Å²) in [4.78, 5) is 12.6. The largest absolute Gasteiger partial charge is 0.508 e. The van der Waals surface area contributed by atoms with Gasteiger partial charge in [0.05, 0.1) is 6.54 Å². The molecule has 7 heteroatoms. The van der Waals surface area contributed by atoms with E-state index in [-0.39, 0.29) is 11.3 Å². The molecule has 0 spiro atoms. The highest BCUT2D eigenvalue weighted by Gasteiger charge is 2.13. The number of pyridine rings is 1. The molecule has 4 rings (SSSR count). The second-order valence-electron chi connectivity index (χ2n) is 7.23. The molecule has 0 saturated heterocycles. The number of aromatic nitrogens is 5. The summed E-state index contributed by atoms with van der Waals surface area (Å²) < 4.78 is 1.72. The van der Waals surface area contributed by atoms with Crippen LogP contribution in [0, 0.1) is 0 Å². The predicted octanol–water partition coefficient (Wildman–Crippen LogP) is 3.79. The first-order valence-corrected chi connectivity index (χ1v) is 10.0. The highest BCUT2D eigenvalue weighted by atomic mass is 16.3. The molecule has 0 unspecified atom stereocenters. The lowest BCUT2D eigenvalue weighted by atomic mass is 9.97. The first kappa shape index (κ1) is 19.6. The molecule has 0 amide bonds. The van der Waals surface area contributed by atoms with Gasteiger partial charge in [-0.05, 0) is 52.1 Å². The lowest BCUT2D eigenvalue weighted by Gasteiger charge is -2.15. The van der Waals surface area contributed by atoms with E-state index in [1.54, 1.807) is 10.6 Å². The van der Waals surface area contributed by atoms with Crippen molar-refractivity contribution in [3.63, 3.8) is 0 Å². The molecule has 0 aliphatic heterocycles. The van der Waals surface area contributed by atoms with Crippen LogP contribution in [0.3, 0.4) is 0 Å². The number of unbranched alkanes of at least 4 members (excludes halogenated alkanes) is 1. The molecule has 2 N–H and O–H groups in total. The zero-order valence-electron chi connectivity index (χ0n) is 16.7. The van der Waals surface area contributed by atoms with E-state index in [1.165, 1.54) is 6.07 Å². The first-order valence-electron chi connectivity index (χ1n) is 10.0. The number of aromatic hydroxyl groups is 1. The second-order valence-corrected chi connectivity index (χ2v) is 7.23. The molecule has 30 heavy (non-hydrogen) atoms. The van der Waals surface area contributed by atoms with E-state index in [4.69, 9.17) is 0 Å². The molecule has 4 aromatic rings. The van der Waals surface area contributed by atoms with E-state index in [0.717, 1.165) is 47.2 Å². The normalized spacial score (nSPS) is 11.0. The van der Waals surface area contributed by atoms with Crippen LogP contribution in [0.1, 0.15) is 31.0 Å². The van der Waals surface area contributed by atoms with Crippen molar-refractivity contribution in [2.75, 3.05) is 0 Å². The van der Waals surface area contributed by atoms with Gasteiger partial charge in [0.1, 0.15) is 5.75 Å². The van der Waals surface area contributed by atoms with Crippen molar-refractivity contribution < 1.29 is 5.11 Å². The Labute approximate surface area is 174 Å². The average molecular weight is 401 g/mol. The zero-order chi connectivity index (χ0) is 20.9. The number of nitrogens with zero attached hydrogens (tertiary/aromatic N) is 4. The van der Waals surface area contributed by atoms with Crippen molar-refractivity contribution in [2.45, 2.75) is 32.7 Å². The topological polar surface area (TPSA) is 96.7 Å². The van der Waals surface area contributed by atoms with Gasteiger partial charge in [-0.2, -0.15) is 0 Å². The molecule has 0 bridgehead atoms. The van der Waals surface area contributed by atoms with Crippen LogP contribution in [0.5, 0.6) is 5.75 Å². The van der Waals surface area contributed by atoms with E-state index in [0.29, 0.717) is 12.4 Å². The van der Waals surface area contributed by atoms with Gasteiger partial charge < -0.3 is 9.67 Å². The molecule has 0 saturated carbocycles. The van der Waals surface area contributed by atoms with Gasteiger partial charge in [0, 0.05) is 17.3 Å². The number of rotatable bonds is 7. The number of nitrogens with one attached hydrogen (secondary N) is 1. The molecule has 152 valence electrons. The molecule has 2 heterocycles. The highest BCUT2D eigenvalue weighted by Crippen LogP contribution is 2.31. The Morgan fingerprint density at radius 1 is 1.03 bits per heavy atom. The monoisotopic (exact) mass is 401 g/mol. The van der Waals surface area contributed by atoms with Crippen molar-refractivity contribution in [3.8, 4) is 28.3 Å². The number of benzene rings is 2. The Hall–Kier alpha value is -3.74. The molecule has 0 aliphatic carbocycles. The predicted molar refractivity (Wildman–Crippen MR) is 115 cm³/mol. The molecular weight excluding hydrogens is 378 g/mol. The number of hydrogen-bond donors (Lipinski definition) is 2. The van der Waals surface area contributed by atoms with Crippen LogP contribution >= 0.6 is 0 Å². The molecule has 0 fully saturated rings. The third-order valence-electron chi connectivity index (χ3n) is 5.09. The van der Waals surface area contributed by atoms with Crippen molar-refractivity contribution in [3.05, 3.63) is 82.3 Å². The summed E-state index contributed by atoms with van der Waals surface area (Å²) in [7, 11) is 0. The van der Waals surface area contributed by atoms with Crippen molar-refractivity contribution in [1.82, 2.24) is 25.2 Å². The SMILES string of the molecule is CCCCc1cc(O)cc(=O)n1Cc1ccc(-c2ccccc2)c(-c2nnn[nH]2)c1. The van der Waals surface area contributed by atoms with Crippen LogP contribution in [0.25, 0.3) is 22.5 Å². The van der Waals surface area contributed by atoms with E-state index in [1.807, 2.05) is 48.5 Å². The number of H-pyrrole nitrogens is 1. The molecular formula is C23H23N5O2. The third kappa shape index (κ3) is 4.15. The maximum absolute atomic E-state index is 12.6. The van der Waals surface area contributed by atoms with Gasteiger partial charge in [-0.25, -0.2) is 5.10 Å². The summed E-state index contributed by atoms with van der Waals surface area (Å²) in [6, 6.07) is 19.0. The first-order chi connectivity index (χ1) is 14.7. The maximum atomic E-state index is 12.6. The second kappa shape index (κ2) is 8.73. The summed E-state index contributed by atoms with van der Waals surface area (Å²) in [6.45, 7) is 2.51. The summed E-state index contributed by atoms with van der Waals surface area (Å²) in [6.07, 6.45) is 2.70. The van der Waals surface area contributed by atoms with Crippen LogP contribution in [0.4, 0.5) is 0 Å². The van der Waals surface area contributed by atoms with Gasteiger partial charge in [-0.1, -0.05) is 55.8 Å². The summed E-state index contributed by atoms with van der Waals surface area (Å²) in [5.74, 6) is 0.579. The van der Waals surface area contributed by atoms with E-state index < -0.39 is 0 Å². The Morgan fingerprint density at radius 2 is 1.87 bits per heavy atom. The van der Waals surface area contributed by atoms with Gasteiger partial charge >= 0.3 is 0 Å². The maximum Gasteiger partial charge on any atom is 0.254 e. The van der Waals surface area contributed by atoms with Gasteiger partial charge in [-0.15, -0.1) is 5.10 Å². The smallest absolute Gasteiger partial charge is 0.254 e. The summed E-state index contributed by atoms with van der Waals surface area (Å²) in [5.41, 5.74) is 4.49. The average Bonchev–Trinajstić information content (AvgIpc) is 3.30. The van der Waals surface area contributed by atoms with Gasteiger partial charge in [-0.3, -0.25) is 4.79 Å². The molecule has 2 aromatic carbocycles. The fourth-order valence-corrected chi connectivity index (χ4v) is 3.59.